The first kappa shape index (κ1) is 18.3. The van der Waals surface area contributed by atoms with E-state index in [4.69, 9.17) is 9.47 Å². The first-order valence-corrected chi connectivity index (χ1v) is 7.74. The van der Waals surface area contributed by atoms with E-state index >= 15 is 0 Å². The number of aromatic nitrogens is 1. The van der Waals surface area contributed by atoms with Crippen LogP contribution in [-0.2, 0) is 16.0 Å². The van der Waals surface area contributed by atoms with Gasteiger partial charge in [0.1, 0.15) is 12.6 Å². The Bertz CT molecular complexity index is 734. The highest BCUT2D eigenvalue weighted by Crippen LogP contribution is 2.27. The number of benzene rings is 1. The number of aromatic hydroxyl groups is 1. The molecule has 1 aromatic carbocycles. The van der Waals surface area contributed by atoms with Gasteiger partial charge in [-0.25, -0.2) is 4.98 Å². The molecule has 0 aliphatic carbocycles. The zero-order valence-electron chi connectivity index (χ0n) is 14.1. The number of nitrogens with one attached hydrogen (secondary N) is 1. The monoisotopic (exact) mass is 344 g/mol. The fourth-order valence-corrected chi connectivity index (χ4v) is 2.26. The number of hydrogen-bond acceptors (Lipinski definition) is 6. The molecular formula is C18H20N2O5. The minimum Gasteiger partial charge on any atom is -0.503 e. The van der Waals surface area contributed by atoms with Gasteiger partial charge in [-0.15, -0.1) is 0 Å². The zero-order chi connectivity index (χ0) is 18.2. The van der Waals surface area contributed by atoms with Crippen LogP contribution in [0.15, 0.2) is 42.6 Å². The number of methoxy groups -OCH3 is 1. The Hall–Kier alpha value is -3.09. The van der Waals surface area contributed by atoms with Crippen LogP contribution in [0.2, 0.25) is 0 Å². The van der Waals surface area contributed by atoms with E-state index < -0.39 is 11.9 Å². The van der Waals surface area contributed by atoms with Crippen molar-refractivity contribution in [2.75, 3.05) is 13.7 Å². The molecule has 1 unspecified atom stereocenters. The van der Waals surface area contributed by atoms with Crippen molar-refractivity contribution in [1.29, 1.82) is 0 Å². The van der Waals surface area contributed by atoms with E-state index in [9.17, 15) is 14.7 Å². The highest BCUT2D eigenvalue weighted by molar-refractivity contribution is 5.97. The largest absolute Gasteiger partial charge is 0.503 e. The fourth-order valence-electron chi connectivity index (χ4n) is 2.26. The molecule has 2 rings (SSSR count). The average Bonchev–Trinajstić information content (AvgIpc) is 2.60. The lowest BCUT2D eigenvalue weighted by Crippen LogP contribution is -2.33. The van der Waals surface area contributed by atoms with Crippen molar-refractivity contribution < 1.29 is 24.2 Å². The number of hydrogen-bond donors (Lipinski definition) is 2. The SMILES string of the molecule is COc1ccnc(C(=O)NCC(=O)OC(C)Cc2ccccc2)c1O. The first-order valence-electron chi connectivity index (χ1n) is 7.74. The minimum absolute atomic E-state index is 0.124. The molecule has 0 aliphatic heterocycles. The van der Waals surface area contributed by atoms with Gasteiger partial charge in [0, 0.05) is 18.7 Å². The minimum atomic E-state index is -0.691. The molecule has 25 heavy (non-hydrogen) atoms. The van der Waals surface area contributed by atoms with Gasteiger partial charge < -0.3 is 19.9 Å². The molecule has 1 atom stereocenters. The average molecular weight is 344 g/mol. The van der Waals surface area contributed by atoms with Crippen LogP contribution in [0.25, 0.3) is 0 Å². The maximum atomic E-state index is 12.0. The van der Waals surface area contributed by atoms with Gasteiger partial charge in [0.05, 0.1) is 7.11 Å². The summed E-state index contributed by atoms with van der Waals surface area (Å²) in [6, 6.07) is 11.1. The molecule has 7 heteroatoms. The molecule has 1 heterocycles. The van der Waals surface area contributed by atoms with Crippen LogP contribution in [-0.4, -0.2) is 41.7 Å². The Labute approximate surface area is 145 Å². The van der Waals surface area contributed by atoms with Crippen LogP contribution < -0.4 is 10.1 Å². The van der Waals surface area contributed by atoms with Crippen LogP contribution >= 0.6 is 0 Å². The molecule has 1 amide bonds. The molecule has 0 saturated heterocycles. The van der Waals surface area contributed by atoms with Crippen molar-refractivity contribution in [3.8, 4) is 11.5 Å². The van der Waals surface area contributed by atoms with Gasteiger partial charge in [-0.05, 0) is 12.5 Å². The third kappa shape index (κ3) is 5.20. The molecule has 0 aliphatic rings. The highest BCUT2D eigenvalue weighted by Gasteiger charge is 2.18. The molecular weight excluding hydrogens is 324 g/mol. The summed E-state index contributed by atoms with van der Waals surface area (Å²) in [7, 11) is 1.36. The van der Waals surface area contributed by atoms with Crippen LogP contribution in [0.4, 0.5) is 0 Å². The van der Waals surface area contributed by atoms with E-state index in [1.165, 1.54) is 19.4 Å². The lowest BCUT2D eigenvalue weighted by molar-refractivity contribution is -0.146. The molecule has 2 aromatic rings. The Morgan fingerprint density at radius 3 is 2.64 bits per heavy atom. The second kappa shape index (κ2) is 8.68. The van der Waals surface area contributed by atoms with E-state index in [-0.39, 0.29) is 29.8 Å². The third-order valence-electron chi connectivity index (χ3n) is 3.41. The summed E-state index contributed by atoms with van der Waals surface area (Å²) >= 11 is 0. The quantitative estimate of drug-likeness (QED) is 0.742. The van der Waals surface area contributed by atoms with E-state index in [1.807, 2.05) is 30.3 Å². The Morgan fingerprint density at radius 2 is 1.96 bits per heavy atom. The summed E-state index contributed by atoms with van der Waals surface area (Å²) in [5.74, 6) is -1.52. The lowest BCUT2D eigenvalue weighted by atomic mass is 10.1. The van der Waals surface area contributed by atoms with Gasteiger partial charge in [-0.2, -0.15) is 0 Å². The van der Waals surface area contributed by atoms with E-state index in [0.29, 0.717) is 6.42 Å². The summed E-state index contributed by atoms with van der Waals surface area (Å²) in [6.45, 7) is 1.46. The zero-order valence-corrected chi connectivity index (χ0v) is 14.1. The molecule has 0 spiro atoms. The van der Waals surface area contributed by atoms with Gasteiger partial charge in [0.2, 0.25) is 0 Å². The van der Waals surface area contributed by atoms with Gasteiger partial charge in [-0.1, -0.05) is 30.3 Å². The summed E-state index contributed by atoms with van der Waals surface area (Å²) in [4.78, 5) is 27.6. The van der Waals surface area contributed by atoms with Gasteiger partial charge in [0.15, 0.2) is 17.2 Å². The van der Waals surface area contributed by atoms with Crippen molar-refractivity contribution in [1.82, 2.24) is 10.3 Å². The van der Waals surface area contributed by atoms with Crippen molar-refractivity contribution in [3.05, 3.63) is 53.9 Å². The van der Waals surface area contributed by atoms with Crippen LogP contribution in [0.1, 0.15) is 23.0 Å². The Morgan fingerprint density at radius 1 is 1.24 bits per heavy atom. The molecule has 0 saturated carbocycles. The summed E-state index contributed by atoms with van der Waals surface area (Å²) in [5, 5.41) is 12.2. The lowest BCUT2D eigenvalue weighted by Gasteiger charge is -2.14. The Kier molecular flexibility index (Phi) is 6.33. The van der Waals surface area contributed by atoms with E-state index in [2.05, 4.69) is 10.3 Å². The van der Waals surface area contributed by atoms with Crippen molar-refractivity contribution in [2.45, 2.75) is 19.4 Å². The number of nitrogens with zero attached hydrogens (tertiary/aromatic N) is 1. The smallest absolute Gasteiger partial charge is 0.325 e. The van der Waals surface area contributed by atoms with Crippen LogP contribution in [0.5, 0.6) is 11.5 Å². The number of pyridine rings is 1. The number of ether oxygens (including phenoxy) is 2. The normalized spacial score (nSPS) is 11.4. The van der Waals surface area contributed by atoms with Gasteiger partial charge >= 0.3 is 5.97 Å². The van der Waals surface area contributed by atoms with E-state index in [0.717, 1.165) is 5.56 Å². The number of carbonyl (C=O) groups excluding carboxylic acids is 2. The summed E-state index contributed by atoms with van der Waals surface area (Å²) in [6.07, 6.45) is 1.59. The highest BCUT2D eigenvalue weighted by atomic mass is 16.5. The topological polar surface area (TPSA) is 97.8 Å². The molecule has 0 fully saturated rings. The third-order valence-corrected chi connectivity index (χ3v) is 3.41. The second-order valence-corrected chi connectivity index (χ2v) is 5.38. The summed E-state index contributed by atoms with van der Waals surface area (Å²) in [5.41, 5.74) is 0.835. The number of amides is 1. The fraction of sp³-hybridized carbons (Fsp3) is 0.278. The number of carbonyl (C=O) groups is 2. The standard InChI is InChI=1S/C18H20N2O5/c1-12(10-13-6-4-3-5-7-13)25-15(21)11-20-18(23)16-17(22)14(24-2)8-9-19-16/h3-9,12,22H,10-11H2,1-2H3,(H,20,23). The van der Waals surface area contributed by atoms with Crippen molar-refractivity contribution in [2.24, 2.45) is 0 Å². The number of esters is 1. The maximum absolute atomic E-state index is 12.0. The van der Waals surface area contributed by atoms with Gasteiger partial charge in [-0.3, -0.25) is 9.59 Å². The number of rotatable bonds is 7. The van der Waals surface area contributed by atoms with Crippen molar-refractivity contribution in [3.63, 3.8) is 0 Å². The molecule has 7 nitrogen and oxygen atoms in total. The second-order valence-electron chi connectivity index (χ2n) is 5.38. The predicted octanol–water partition coefficient (Wildman–Crippen LogP) is 1.70. The maximum Gasteiger partial charge on any atom is 0.325 e. The van der Waals surface area contributed by atoms with Crippen LogP contribution in [0, 0.1) is 0 Å². The van der Waals surface area contributed by atoms with E-state index in [1.54, 1.807) is 6.92 Å². The van der Waals surface area contributed by atoms with Crippen molar-refractivity contribution >= 4 is 11.9 Å². The molecule has 0 bridgehead atoms. The summed E-state index contributed by atoms with van der Waals surface area (Å²) < 4.78 is 10.2. The van der Waals surface area contributed by atoms with Crippen LogP contribution in [0.3, 0.4) is 0 Å². The molecule has 132 valence electrons. The predicted molar refractivity (Wildman–Crippen MR) is 90.5 cm³/mol. The molecule has 0 radical (unpaired) electrons. The van der Waals surface area contributed by atoms with Gasteiger partial charge in [0.25, 0.3) is 5.91 Å². The molecule has 2 N–H and O–H groups in total. The molecule has 1 aromatic heterocycles. The Balaban J connectivity index is 1.84. The first-order chi connectivity index (χ1) is 12.0.